The highest BCUT2D eigenvalue weighted by atomic mass is 79.9. The number of sulfone groups is 1. The molecule has 1 amide bonds. The summed E-state index contributed by atoms with van der Waals surface area (Å²) < 4.78 is 39.1. The SMILES string of the molecule is O=C(CSc1ccc(S(=O)(=O)c2cccc(F)c2)nn1)Nc1ccc(Br)cc1. The molecule has 3 rings (SSSR count). The number of aromatic nitrogens is 2. The number of anilines is 1. The molecule has 0 radical (unpaired) electrons. The van der Waals surface area contributed by atoms with Crippen LogP contribution in [0.5, 0.6) is 0 Å². The largest absolute Gasteiger partial charge is 0.325 e. The summed E-state index contributed by atoms with van der Waals surface area (Å²) in [6.07, 6.45) is 0. The van der Waals surface area contributed by atoms with Crippen molar-refractivity contribution in [3.8, 4) is 0 Å². The highest BCUT2D eigenvalue weighted by Crippen LogP contribution is 2.22. The van der Waals surface area contributed by atoms with Crippen LogP contribution in [0.4, 0.5) is 10.1 Å². The van der Waals surface area contributed by atoms with Crippen LogP contribution in [0.2, 0.25) is 0 Å². The molecule has 0 saturated carbocycles. The van der Waals surface area contributed by atoms with Crippen LogP contribution < -0.4 is 5.32 Å². The van der Waals surface area contributed by atoms with Gasteiger partial charge >= 0.3 is 0 Å². The van der Waals surface area contributed by atoms with E-state index in [1.807, 2.05) is 12.1 Å². The quantitative estimate of drug-likeness (QED) is 0.536. The second-order valence-electron chi connectivity index (χ2n) is 5.51. The van der Waals surface area contributed by atoms with Crippen molar-refractivity contribution in [2.45, 2.75) is 14.9 Å². The van der Waals surface area contributed by atoms with Gasteiger partial charge < -0.3 is 5.32 Å². The topological polar surface area (TPSA) is 89.0 Å². The Hall–Kier alpha value is -2.30. The molecule has 10 heteroatoms. The van der Waals surface area contributed by atoms with Crippen molar-refractivity contribution >= 4 is 49.1 Å². The summed E-state index contributed by atoms with van der Waals surface area (Å²) in [6, 6.07) is 14.6. The van der Waals surface area contributed by atoms with Crippen LogP contribution in [-0.4, -0.2) is 30.3 Å². The number of nitrogens with zero attached hydrogens (tertiary/aromatic N) is 2. The molecule has 28 heavy (non-hydrogen) atoms. The first-order valence-corrected chi connectivity index (χ1v) is 11.1. The normalized spacial score (nSPS) is 11.2. The summed E-state index contributed by atoms with van der Waals surface area (Å²) >= 11 is 4.44. The van der Waals surface area contributed by atoms with Crippen molar-refractivity contribution in [3.05, 3.63) is 71.0 Å². The number of carbonyl (C=O) groups excluding carboxylic acids is 1. The molecule has 0 aliphatic carbocycles. The van der Waals surface area contributed by atoms with Crippen LogP contribution in [0, 0.1) is 5.82 Å². The second-order valence-corrected chi connectivity index (χ2v) is 9.32. The first-order valence-electron chi connectivity index (χ1n) is 7.87. The lowest BCUT2D eigenvalue weighted by Gasteiger charge is -2.06. The number of rotatable bonds is 6. The van der Waals surface area contributed by atoms with Crippen LogP contribution in [0.3, 0.4) is 0 Å². The Bertz CT molecular complexity index is 1090. The number of thioether (sulfide) groups is 1. The van der Waals surface area contributed by atoms with Crippen LogP contribution in [0.1, 0.15) is 0 Å². The summed E-state index contributed by atoms with van der Waals surface area (Å²) in [5.41, 5.74) is 0.663. The van der Waals surface area contributed by atoms with Gasteiger partial charge in [0, 0.05) is 10.2 Å². The van der Waals surface area contributed by atoms with Crippen molar-refractivity contribution in [1.82, 2.24) is 10.2 Å². The lowest BCUT2D eigenvalue weighted by molar-refractivity contribution is -0.113. The molecule has 0 spiro atoms. The highest BCUT2D eigenvalue weighted by Gasteiger charge is 2.20. The van der Waals surface area contributed by atoms with Crippen LogP contribution in [0.15, 0.2) is 80.1 Å². The molecule has 0 saturated heterocycles. The Balaban J connectivity index is 1.63. The fourth-order valence-electron chi connectivity index (χ4n) is 2.15. The van der Waals surface area contributed by atoms with Gasteiger partial charge in [-0.1, -0.05) is 33.8 Å². The van der Waals surface area contributed by atoms with Gasteiger partial charge in [0.05, 0.1) is 10.6 Å². The number of benzene rings is 2. The van der Waals surface area contributed by atoms with E-state index in [1.165, 1.54) is 24.3 Å². The predicted molar refractivity (Wildman–Crippen MR) is 107 cm³/mol. The minimum Gasteiger partial charge on any atom is -0.325 e. The van der Waals surface area contributed by atoms with E-state index in [-0.39, 0.29) is 21.6 Å². The van der Waals surface area contributed by atoms with Gasteiger partial charge in [0.2, 0.25) is 15.7 Å². The van der Waals surface area contributed by atoms with Crippen molar-refractivity contribution < 1.29 is 17.6 Å². The van der Waals surface area contributed by atoms with Gasteiger partial charge in [0.1, 0.15) is 10.8 Å². The molecule has 0 unspecified atom stereocenters. The molecule has 1 aromatic heterocycles. The maximum absolute atomic E-state index is 13.3. The first kappa shape index (κ1) is 20.4. The molecule has 0 bridgehead atoms. The summed E-state index contributed by atoms with van der Waals surface area (Å²) in [5.74, 6) is -0.802. The standard InChI is InChI=1S/C18H13BrFN3O3S2/c19-12-4-6-14(7-5-12)21-16(24)11-27-17-8-9-18(23-22-17)28(25,26)15-3-1-2-13(20)10-15/h1-10H,11H2,(H,21,24). The van der Waals surface area contributed by atoms with Gasteiger partial charge in [0.15, 0.2) is 5.03 Å². The lowest BCUT2D eigenvalue weighted by Crippen LogP contribution is -2.14. The van der Waals surface area contributed by atoms with E-state index >= 15 is 0 Å². The third kappa shape index (κ3) is 5.15. The smallest absolute Gasteiger partial charge is 0.234 e. The molecular formula is C18H13BrFN3O3S2. The second kappa shape index (κ2) is 8.80. The van der Waals surface area contributed by atoms with Crippen molar-refractivity contribution in [2.24, 2.45) is 0 Å². The Labute approximate surface area is 173 Å². The Kier molecular flexibility index (Phi) is 6.42. The van der Waals surface area contributed by atoms with Gasteiger partial charge in [-0.25, -0.2) is 12.8 Å². The van der Waals surface area contributed by atoms with E-state index in [1.54, 1.807) is 12.1 Å². The Morgan fingerprint density at radius 2 is 1.82 bits per heavy atom. The summed E-state index contributed by atoms with van der Waals surface area (Å²) in [5, 5.41) is 10.4. The van der Waals surface area contributed by atoms with Gasteiger partial charge in [0.25, 0.3) is 0 Å². The van der Waals surface area contributed by atoms with Crippen molar-refractivity contribution in [2.75, 3.05) is 11.1 Å². The lowest BCUT2D eigenvalue weighted by atomic mass is 10.3. The average molecular weight is 482 g/mol. The zero-order valence-corrected chi connectivity index (χ0v) is 17.4. The molecular weight excluding hydrogens is 469 g/mol. The molecule has 2 aromatic carbocycles. The fraction of sp³-hybridized carbons (Fsp3) is 0.0556. The third-order valence-corrected chi connectivity index (χ3v) is 6.57. The van der Waals surface area contributed by atoms with Crippen molar-refractivity contribution in [1.29, 1.82) is 0 Å². The van der Waals surface area contributed by atoms with Crippen LogP contribution in [0.25, 0.3) is 0 Å². The predicted octanol–water partition coefficient (Wildman–Crippen LogP) is 3.94. The summed E-state index contributed by atoms with van der Waals surface area (Å²) in [4.78, 5) is 11.8. The monoisotopic (exact) mass is 481 g/mol. The van der Waals surface area contributed by atoms with E-state index in [4.69, 9.17) is 0 Å². The number of hydrogen-bond donors (Lipinski definition) is 1. The number of carbonyl (C=O) groups is 1. The van der Waals surface area contributed by atoms with Gasteiger partial charge in [-0.2, -0.15) is 0 Å². The molecule has 0 aliphatic heterocycles. The molecule has 3 aromatic rings. The number of halogens is 2. The van der Waals surface area contributed by atoms with Crippen LogP contribution in [-0.2, 0) is 14.6 Å². The molecule has 144 valence electrons. The molecule has 6 nitrogen and oxygen atoms in total. The molecule has 1 heterocycles. The van der Waals surface area contributed by atoms with E-state index < -0.39 is 15.7 Å². The summed E-state index contributed by atoms with van der Waals surface area (Å²) in [6.45, 7) is 0. The average Bonchev–Trinajstić information content (AvgIpc) is 2.68. The maximum Gasteiger partial charge on any atom is 0.234 e. The molecule has 0 aliphatic rings. The summed E-state index contributed by atoms with van der Waals surface area (Å²) in [7, 11) is -3.96. The van der Waals surface area contributed by atoms with E-state index in [2.05, 4.69) is 31.4 Å². The zero-order chi connectivity index (χ0) is 20.1. The number of hydrogen-bond acceptors (Lipinski definition) is 6. The van der Waals surface area contributed by atoms with Gasteiger partial charge in [-0.05, 0) is 54.6 Å². The van der Waals surface area contributed by atoms with Gasteiger partial charge in [-0.15, -0.1) is 10.2 Å². The molecule has 1 N–H and O–H groups in total. The minimum atomic E-state index is -3.96. The minimum absolute atomic E-state index is 0.0841. The number of amides is 1. The third-order valence-electron chi connectivity index (χ3n) is 3.48. The highest BCUT2D eigenvalue weighted by molar-refractivity contribution is 9.10. The fourth-order valence-corrected chi connectivity index (χ4v) is 4.19. The Morgan fingerprint density at radius 1 is 1.07 bits per heavy atom. The number of nitrogens with one attached hydrogen (secondary N) is 1. The molecule has 0 fully saturated rings. The van der Waals surface area contributed by atoms with E-state index in [9.17, 15) is 17.6 Å². The maximum atomic E-state index is 13.3. The van der Waals surface area contributed by atoms with Gasteiger partial charge in [-0.3, -0.25) is 4.79 Å². The van der Waals surface area contributed by atoms with E-state index in [0.717, 1.165) is 28.4 Å². The Morgan fingerprint density at radius 3 is 2.46 bits per heavy atom. The molecule has 0 atom stereocenters. The van der Waals surface area contributed by atoms with Crippen molar-refractivity contribution in [3.63, 3.8) is 0 Å². The van der Waals surface area contributed by atoms with E-state index in [0.29, 0.717) is 10.7 Å². The zero-order valence-electron chi connectivity index (χ0n) is 14.2. The first-order chi connectivity index (χ1) is 13.3. The van der Waals surface area contributed by atoms with Crippen LogP contribution >= 0.6 is 27.7 Å².